The van der Waals surface area contributed by atoms with Crippen molar-refractivity contribution in [2.24, 2.45) is 0 Å². The van der Waals surface area contributed by atoms with Gasteiger partial charge in [0.2, 0.25) is 0 Å². The van der Waals surface area contributed by atoms with Crippen LogP contribution in [-0.2, 0) is 10.8 Å². The molecule has 0 aliphatic heterocycles. The second kappa shape index (κ2) is 9.63. The molecule has 0 spiro atoms. The number of nitrogens with zero attached hydrogens (tertiary/aromatic N) is 2. The number of pyridine rings is 1. The standard InChI is InChI=1S/C24H34ClN3O2Si/c1-7-29-20-12-10-18(11-13-20)27-23-21(22(25)17-19-14-15-26-28(19)23)9-8-16-30-31(5,6)24(2,3)4/h10-15,17,27H,7-9,16H2,1-6H3. The van der Waals surface area contributed by atoms with Gasteiger partial charge in [-0.2, -0.15) is 5.10 Å². The summed E-state index contributed by atoms with van der Waals surface area (Å²) in [5.74, 6) is 1.75. The molecule has 2 aromatic heterocycles. The summed E-state index contributed by atoms with van der Waals surface area (Å²) in [5, 5.41) is 8.98. The third-order valence-electron chi connectivity index (χ3n) is 6.00. The van der Waals surface area contributed by atoms with Crippen LogP contribution in [0.25, 0.3) is 5.52 Å². The van der Waals surface area contributed by atoms with Gasteiger partial charge in [-0.1, -0.05) is 32.4 Å². The summed E-state index contributed by atoms with van der Waals surface area (Å²) in [7, 11) is -1.75. The summed E-state index contributed by atoms with van der Waals surface area (Å²) < 4.78 is 13.8. The molecule has 31 heavy (non-hydrogen) atoms. The molecule has 3 rings (SSSR count). The Hall–Kier alpha value is -2.02. The third-order valence-corrected chi connectivity index (χ3v) is 10.9. The van der Waals surface area contributed by atoms with E-state index in [1.165, 1.54) is 0 Å². The minimum atomic E-state index is -1.75. The van der Waals surface area contributed by atoms with E-state index in [1.807, 2.05) is 47.8 Å². The Bertz CT molecular complexity index is 1010. The van der Waals surface area contributed by atoms with Crippen LogP contribution < -0.4 is 10.1 Å². The smallest absolute Gasteiger partial charge is 0.191 e. The number of aromatic nitrogens is 2. The van der Waals surface area contributed by atoms with Gasteiger partial charge in [0.15, 0.2) is 8.32 Å². The number of halogens is 1. The average molecular weight is 460 g/mol. The SMILES string of the molecule is CCOc1ccc(Nc2c(CCCO[Si](C)(C)C(C)(C)C)c(Cl)cc3ccnn23)cc1. The topological polar surface area (TPSA) is 47.8 Å². The Labute approximate surface area is 191 Å². The lowest BCUT2D eigenvalue weighted by molar-refractivity contribution is 0.282. The van der Waals surface area contributed by atoms with Crippen molar-refractivity contribution in [1.82, 2.24) is 9.61 Å². The monoisotopic (exact) mass is 459 g/mol. The van der Waals surface area contributed by atoms with Gasteiger partial charge in [0.1, 0.15) is 11.6 Å². The van der Waals surface area contributed by atoms with Crippen LogP contribution in [0.3, 0.4) is 0 Å². The Morgan fingerprint density at radius 1 is 1.13 bits per heavy atom. The van der Waals surface area contributed by atoms with Crippen LogP contribution in [0, 0.1) is 0 Å². The third kappa shape index (κ3) is 5.62. The van der Waals surface area contributed by atoms with Crippen LogP contribution in [0.4, 0.5) is 11.5 Å². The van der Waals surface area contributed by atoms with Crippen molar-refractivity contribution in [2.45, 2.75) is 58.7 Å². The highest BCUT2D eigenvalue weighted by atomic mass is 35.5. The van der Waals surface area contributed by atoms with Crippen LogP contribution in [-0.4, -0.2) is 31.1 Å². The van der Waals surface area contributed by atoms with Crippen molar-refractivity contribution in [3.63, 3.8) is 0 Å². The number of hydrogen-bond acceptors (Lipinski definition) is 4. The van der Waals surface area contributed by atoms with Gasteiger partial charge in [-0.25, -0.2) is 4.52 Å². The average Bonchev–Trinajstić information content (AvgIpc) is 3.15. The number of rotatable bonds is 9. The first-order chi connectivity index (χ1) is 14.6. The lowest BCUT2D eigenvalue weighted by Crippen LogP contribution is -2.41. The quantitative estimate of drug-likeness (QED) is 0.274. The van der Waals surface area contributed by atoms with E-state index in [1.54, 1.807) is 6.20 Å². The normalized spacial score (nSPS) is 12.4. The highest BCUT2D eigenvalue weighted by Crippen LogP contribution is 2.37. The number of fused-ring (bicyclic) bond motifs is 1. The maximum absolute atomic E-state index is 6.71. The van der Waals surface area contributed by atoms with Crippen LogP contribution >= 0.6 is 11.6 Å². The number of nitrogens with one attached hydrogen (secondary N) is 1. The van der Waals surface area contributed by atoms with E-state index in [0.717, 1.165) is 52.8 Å². The molecule has 0 unspecified atom stereocenters. The van der Waals surface area contributed by atoms with Gasteiger partial charge in [-0.3, -0.25) is 0 Å². The fourth-order valence-electron chi connectivity index (χ4n) is 3.16. The minimum absolute atomic E-state index is 0.207. The zero-order chi connectivity index (χ0) is 22.6. The summed E-state index contributed by atoms with van der Waals surface area (Å²) in [5.41, 5.74) is 2.96. The van der Waals surface area contributed by atoms with Crippen LogP contribution in [0.2, 0.25) is 23.2 Å². The predicted molar refractivity (Wildman–Crippen MR) is 133 cm³/mol. The zero-order valence-corrected chi connectivity index (χ0v) is 21.2. The van der Waals surface area contributed by atoms with Crippen LogP contribution in [0.5, 0.6) is 5.75 Å². The first kappa shape index (κ1) is 23.6. The summed E-state index contributed by atoms with van der Waals surface area (Å²) in [6, 6.07) is 11.9. The molecule has 0 saturated carbocycles. The van der Waals surface area contributed by atoms with Gasteiger partial charge in [-0.15, -0.1) is 0 Å². The molecule has 168 valence electrons. The number of ether oxygens (including phenoxy) is 1. The molecule has 0 bridgehead atoms. The summed E-state index contributed by atoms with van der Waals surface area (Å²) in [4.78, 5) is 0. The Morgan fingerprint density at radius 3 is 2.48 bits per heavy atom. The first-order valence-corrected chi connectivity index (χ1v) is 14.2. The Balaban J connectivity index is 1.80. The molecule has 0 atom stereocenters. The maximum atomic E-state index is 6.71. The van der Waals surface area contributed by atoms with Crippen LogP contribution in [0.15, 0.2) is 42.6 Å². The first-order valence-electron chi connectivity index (χ1n) is 10.9. The molecule has 0 aliphatic carbocycles. The maximum Gasteiger partial charge on any atom is 0.191 e. The molecule has 0 radical (unpaired) electrons. The molecule has 0 fully saturated rings. The van der Waals surface area contributed by atoms with Gasteiger partial charge in [-0.05, 0) is 74.3 Å². The minimum Gasteiger partial charge on any atom is -0.494 e. The van der Waals surface area contributed by atoms with Gasteiger partial charge in [0.05, 0.1) is 18.3 Å². The Morgan fingerprint density at radius 2 is 1.84 bits per heavy atom. The second-order valence-electron chi connectivity index (χ2n) is 9.28. The van der Waals surface area contributed by atoms with Gasteiger partial charge < -0.3 is 14.5 Å². The van der Waals surface area contributed by atoms with E-state index in [-0.39, 0.29) is 5.04 Å². The molecule has 0 saturated heterocycles. The van der Waals surface area contributed by atoms with E-state index in [9.17, 15) is 0 Å². The lowest BCUT2D eigenvalue weighted by atomic mass is 10.1. The highest BCUT2D eigenvalue weighted by Gasteiger charge is 2.36. The van der Waals surface area contributed by atoms with Crippen molar-refractivity contribution in [1.29, 1.82) is 0 Å². The Kier molecular flexibility index (Phi) is 7.34. The van der Waals surface area contributed by atoms with Gasteiger partial charge in [0.25, 0.3) is 0 Å². The number of hydrogen-bond donors (Lipinski definition) is 1. The van der Waals surface area contributed by atoms with Gasteiger partial charge >= 0.3 is 0 Å². The van der Waals surface area contributed by atoms with E-state index < -0.39 is 8.32 Å². The lowest BCUT2D eigenvalue weighted by Gasteiger charge is -2.36. The van der Waals surface area contributed by atoms with Crippen molar-refractivity contribution >= 4 is 36.9 Å². The largest absolute Gasteiger partial charge is 0.494 e. The second-order valence-corrected chi connectivity index (χ2v) is 14.5. The van der Waals surface area contributed by atoms with E-state index in [4.69, 9.17) is 20.8 Å². The molecule has 3 aromatic rings. The summed E-state index contributed by atoms with van der Waals surface area (Å²) in [6.45, 7) is 14.7. The van der Waals surface area contributed by atoms with Crippen LogP contribution in [0.1, 0.15) is 39.7 Å². The fourth-order valence-corrected chi connectivity index (χ4v) is 4.55. The predicted octanol–water partition coefficient (Wildman–Crippen LogP) is 7.08. The molecule has 0 amide bonds. The van der Waals surface area contributed by atoms with E-state index >= 15 is 0 Å². The molecule has 2 heterocycles. The molecule has 1 N–H and O–H groups in total. The molecular formula is C24H34ClN3O2Si. The van der Waals surface area contributed by atoms with Crippen molar-refractivity contribution < 1.29 is 9.16 Å². The highest BCUT2D eigenvalue weighted by molar-refractivity contribution is 6.74. The molecule has 7 heteroatoms. The van der Waals surface area contributed by atoms with Crippen molar-refractivity contribution in [3.8, 4) is 5.75 Å². The molecule has 0 aliphatic rings. The number of benzene rings is 1. The zero-order valence-electron chi connectivity index (χ0n) is 19.5. The molecular weight excluding hydrogens is 426 g/mol. The van der Waals surface area contributed by atoms with E-state index in [2.05, 4.69) is 44.3 Å². The molecule has 1 aromatic carbocycles. The van der Waals surface area contributed by atoms with Gasteiger partial charge in [0, 0.05) is 22.9 Å². The summed E-state index contributed by atoms with van der Waals surface area (Å²) >= 11 is 6.71. The number of anilines is 2. The van der Waals surface area contributed by atoms with Crippen molar-refractivity contribution in [2.75, 3.05) is 18.5 Å². The van der Waals surface area contributed by atoms with E-state index in [0.29, 0.717) is 6.61 Å². The molecule has 5 nitrogen and oxygen atoms in total. The van der Waals surface area contributed by atoms with Crippen molar-refractivity contribution in [3.05, 3.63) is 53.2 Å². The summed E-state index contributed by atoms with van der Waals surface area (Å²) in [6.07, 6.45) is 3.50. The fraction of sp³-hybridized carbons (Fsp3) is 0.458.